The largest absolute Gasteiger partial charge is 0.324 e. The van der Waals surface area contributed by atoms with E-state index >= 15 is 0 Å². The van der Waals surface area contributed by atoms with E-state index in [4.69, 9.17) is 0 Å². The number of anilines is 1. The lowest BCUT2D eigenvalue weighted by Gasteiger charge is -2.32. The first-order valence-corrected chi connectivity index (χ1v) is 10.2. The van der Waals surface area contributed by atoms with Crippen LogP contribution in [0.25, 0.3) is 10.8 Å². The molecular weight excluding hydrogens is 376 g/mol. The van der Waals surface area contributed by atoms with Gasteiger partial charge in [-0.2, -0.15) is 0 Å². The first-order valence-electron chi connectivity index (χ1n) is 10.2. The molecule has 1 aliphatic rings. The molecule has 0 aliphatic carbocycles. The van der Waals surface area contributed by atoms with Crippen molar-refractivity contribution in [3.05, 3.63) is 77.9 Å². The first kappa shape index (κ1) is 19.8. The topological polar surface area (TPSA) is 66.5 Å². The van der Waals surface area contributed by atoms with Gasteiger partial charge in [0, 0.05) is 35.8 Å². The molecule has 4 rings (SSSR count). The number of fused-ring (bicyclic) bond motifs is 1. The van der Waals surface area contributed by atoms with Crippen LogP contribution in [0.2, 0.25) is 0 Å². The van der Waals surface area contributed by atoms with E-state index in [0.29, 0.717) is 29.9 Å². The Labute approximate surface area is 175 Å². The van der Waals surface area contributed by atoms with Crippen LogP contribution in [0.5, 0.6) is 0 Å². The van der Waals surface area contributed by atoms with Crippen molar-refractivity contribution in [2.24, 2.45) is 5.92 Å². The Hall–Kier alpha value is -3.47. The lowest BCUT2D eigenvalue weighted by Crippen LogP contribution is -2.44. The van der Waals surface area contributed by atoms with Crippen molar-refractivity contribution in [3.63, 3.8) is 0 Å². The number of hydrogen-bond acceptors (Lipinski definition) is 3. The van der Waals surface area contributed by atoms with E-state index in [2.05, 4.69) is 5.32 Å². The molecule has 152 valence electrons. The van der Waals surface area contributed by atoms with Gasteiger partial charge in [-0.1, -0.05) is 48.5 Å². The van der Waals surface area contributed by atoms with Gasteiger partial charge in [0.2, 0.25) is 0 Å². The number of carbonyl (C=O) groups is 3. The van der Waals surface area contributed by atoms with Crippen molar-refractivity contribution < 1.29 is 14.4 Å². The number of benzene rings is 3. The highest BCUT2D eigenvalue weighted by atomic mass is 16.2. The summed E-state index contributed by atoms with van der Waals surface area (Å²) in [5.74, 6) is -0.184. The molecule has 1 saturated heterocycles. The lowest BCUT2D eigenvalue weighted by atomic mass is 9.89. The second-order valence-electron chi connectivity index (χ2n) is 7.78. The zero-order valence-corrected chi connectivity index (χ0v) is 16.9. The zero-order valence-electron chi connectivity index (χ0n) is 16.9. The molecule has 3 aromatic rings. The van der Waals surface area contributed by atoms with Crippen molar-refractivity contribution >= 4 is 34.1 Å². The van der Waals surface area contributed by atoms with Crippen LogP contribution in [0.3, 0.4) is 0 Å². The Bertz CT molecular complexity index is 1120. The third kappa shape index (κ3) is 4.25. The molecular formula is C25H24N2O3. The molecule has 30 heavy (non-hydrogen) atoms. The Morgan fingerprint density at radius 2 is 1.70 bits per heavy atom. The lowest BCUT2D eigenvalue weighted by molar-refractivity contribution is 0.0851. The Balaban J connectivity index is 1.45. The van der Waals surface area contributed by atoms with Crippen LogP contribution in [0.1, 0.15) is 40.5 Å². The molecule has 5 nitrogen and oxygen atoms in total. The summed E-state index contributed by atoms with van der Waals surface area (Å²) in [5, 5.41) is 5.00. The Morgan fingerprint density at radius 1 is 0.900 bits per heavy atom. The molecule has 0 aromatic heterocycles. The van der Waals surface area contributed by atoms with Gasteiger partial charge in [0.1, 0.15) is 0 Å². The van der Waals surface area contributed by atoms with E-state index in [1.54, 1.807) is 29.2 Å². The van der Waals surface area contributed by atoms with E-state index in [-0.39, 0.29) is 23.5 Å². The number of piperidine rings is 1. The average Bonchev–Trinajstić information content (AvgIpc) is 2.78. The van der Waals surface area contributed by atoms with Crippen molar-refractivity contribution in [2.45, 2.75) is 19.8 Å². The van der Waals surface area contributed by atoms with Crippen LogP contribution < -0.4 is 5.32 Å². The number of amides is 2. The van der Waals surface area contributed by atoms with Crippen LogP contribution in [0.15, 0.2) is 66.7 Å². The monoisotopic (exact) mass is 400 g/mol. The number of rotatable bonds is 4. The molecule has 0 radical (unpaired) electrons. The summed E-state index contributed by atoms with van der Waals surface area (Å²) in [6.07, 6.45) is 1.56. The number of ketones is 2. The van der Waals surface area contributed by atoms with Gasteiger partial charge < -0.3 is 10.2 Å². The maximum atomic E-state index is 13.1. The van der Waals surface area contributed by atoms with Gasteiger partial charge in [0.15, 0.2) is 11.6 Å². The number of hydrogen-bond donors (Lipinski definition) is 1. The predicted molar refractivity (Wildman–Crippen MR) is 118 cm³/mol. The highest BCUT2D eigenvalue weighted by molar-refractivity contribution is 6.02. The van der Waals surface area contributed by atoms with Crippen molar-refractivity contribution in [1.82, 2.24) is 4.90 Å². The molecule has 0 saturated carbocycles. The van der Waals surface area contributed by atoms with E-state index in [1.165, 1.54) is 6.92 Å². The van der Waals surface area contributed by atoms with E-state index < -0.39 is 0 Å². The molecule has 1 fully saturated rings. The number of Topliss-reactive ketones (excluding diaryl/α,β-unsaturated/α-hetero) is 2. The second kappa shape index (κ2) is 8.49. The quantitative estimate of drug-likeness (QED) is 0.615. The number of carbonyl (C=O) groups excluding carboxylic acids is 3. The molecule has 1 aliphatic heterocycles. The SMILES string of the molecule is CC(=O)c1cccc(NC(=O)N2CCC[C@@H](C(=O)c3ccc4ccccc4c3)C2)c1. The Kier molecular flexibility index (Phi) is 5.61. The number of likely N-dealkylation sites (tertiary alicyclic amines) is 1. The van der Waals surface area contributed by atoms with Crippen LogP contribution in [0, 0.1) is 5.92 Å². The minimum absolute atomic E-state index is 0.0508. The summed E-state index contributed by atoms with van der Waals surface area (Å²) in [7, 11) is 0. The smallest absolute Gasteiger partial charge is 0.321 e. The van der Waals surface area contributed by atoms with Crippen molar-refractivity contribution in [3.8, 4) is 0 Å². The molecule has 0 spiro atoms. The molecule has 3 aromatic carbocycles. The Morgan fingerprint density at radius 3 is 2.50 bits per heavy atom. The highest BCUT2D eigenvalue weighted by Gasteiger charge is 2.29. The summed E-state index contributed by atoms with van der Waals surface area (Å²) in [6.45, 7) is 2.50. The third-order valence-electron chi connectivity index (χ3n) is 5.63. The summed E-state index contributed by atoms with van der Waals surface area (Å²) in [5.41, 5.74) is 1.82. The standard InChI is InChI=1S/C25H24N2O3/c1-17(28)19-8-4-10-23(15-19)26-25(30)27-13-5-9-22(16-27)24(29)21-12-11-18-6-2-3-7-20(18)14-21/h2-4,6-8,10-12,14-15,22H,5,9,13,16H2,1H3,(H,26,30)/t22-/m1/s1. The summed E-state index contributed by atoms with van der Waals surface area (Å²) < 4.78 is 0. The normalized spacial score (nSPS) is 16.3. The van der Waals surface area contributed by atoms with Gasteiger partial charge in [-0.15, -0.1) is 0 Å². The van der Waals surface area contributed by atoms with Crippen LogP contribution in [-0.2, 0) is 0 Å². The fourth-order valence-electron chi connectivity index (χ4n) is 3.97. The van der Waals surface area contributed by atoms with E-state index in [0.717, 1.165) is 23.6 Å². The molecule has 5 heteroatoms. The van der Waals surface area contributed by atoms with Gasteiger partial charge in [-0.05, 0) is 48.7 Å². The molecule has 2 amide bonds. The third-order valence-corrected chi connectivity index (χ3v) is 5.63. The number of nitrogens with one attached hydrogen (secondary N) is 1. The minimum Gasteiger partial charge on any atom is -0.324 e. The number of urea groups is 1. The second-order valence-corrected chi connectivity index (χ2v) is 7.78. The van der Waals surface area contributed by atoms with Gasteiger partial charge in [0.25, 0.3) is 0 Å². The average molecular weight is 400 g/mol. The van der Waals surface area contributed by atoms with Crippen molar-refractivity contribution in [2.75, 3.05) is 18.4 Å². The van der Waals surface area contributed by atoms with Crippen LogP contribution in [-0.4, -0.2) is 35.6 Å². The van der Waals surface area contributed by atoms with Crippen molar-refractivity contribution in [1.29, 1.82) is 0 Å². The molecule has 0 unspecified atom stereocenters. The van der Waals surface area contributed by atoms with E-state index in [9.17, 15) is 14.4 Å². The summed E-state index contributed by atoms with van der Waals surface area (Å²) in [4.78, 5) is 39.1. The first-order chi connectivity index (χ1) is 14.5. The zero-order chi connectivity index (χ0) is 21.1. The maximum Gasteiger partial charge on any atom is 0.321 e. The minimum atomic E-state index is -0.244. The van der Waals surface area contributed by atoms with Gasteiger partial charge in [-0.25, -0.2) is 4.79 Å². The van der Waals surface area contributed by atoms with Gasteiger partial charge in [-0.3, -0.25) is 9.59 Å². The predicted octanol–water partition coefficient (Wildman–Crippen LogP) is 5.17. The molecule has 1 N–H and O–H groups in total. The molecule has 0 bridgehead atoms. The summed E-state index contributed by atoms with van der Waals surface area (Å²) >= 11 is 0. The fourth-order valence-corrected chi connectivity index (χ4v) is 3.97. The highest BCUT2D eigenvalue weighted by Crippen LogP contribution is 2.24. The maximum absolute atomic E-state index is 13.1. The fraction of sp³-hybridized carbons (Fsp3) is 0.240. The van der Waals surface area contributed by atoms with Gasteiger partial charge in [0.05, 0.1) is 0 Å². The van der Waals surface area contributed by atoms with Crippen LogP contribution in [0.4, 0.5) is 10.5 Å². The number of nitrogens with zero attached hydrogens (tertiary/aromatic N) is 1. The van der Waals surface area contributed by atoms with E-state index in [1.807, 2.05) is 42.5 Å². The van der Waals surface area contributed by atoms with Gasteiger partial charge >= 0.3 is 6.03 Å². The summed E-state index contributed by atoms with van der Waals surface area (Å²) in [6, 6.07) is 20.4. The molecule has 1 heterocycles. The van der Waals surface area contributed by atoms with Crippen LogP contribution >= 0.6 is 0 Å². The molecule has 1 atom stereocenters.